The van der Waals surface area contributed by atoms with E-state index in [9.17, 15) is 4.79 Å². The Bertz CT molecular complexity index is 1180. The van der Waals surface area contributed by atoms with Gasteiger partial charge in [0.1, 0.15) is 23.1 Å². The molecule has 0 aliphatic heterocycles. The van der Waals surface area contributed by atoms with Crippen molar-refractivity contribution in [1.29, 1.82) is 0 Å². The third kappa shape index (κ3) is 5.76. The number of methoxy groups -OCH3 is 1. The fourth-order valence-corrected chi connectivity index (χ4v) is 3.93. The zero-order chi connectivity index (χ0) is 22.2. The molecule has 1 heterocycles. The van der Waals surface area contributed by atoms with Gasteiger partial charge in [-0.05, 0) is 35.9 Å². The molecule has 0 saturated heterocycles. The zero-order valence-electron chi connectivity index (χ0n) is 17.7. The molecule has 4 aromatic rings. The van der Waals surface area contributed by atoms with Crippen LogP contribution in [0.2, 0.25) is 0 Å². The fourth-order valence-electron chi connectivity index (χ4n) is 3.06. The Kier molecular flexibility index (Phi) is 7.19. The SMILES string of the molecule is COc1ccc(CNC(=O)CSc2nc(COc3ccccc3)nc3ccccc23)cc1. The normalized spacial score (nSPS) is 10.7. The molecule has 1 aromatic heterocycles. The summed E-state index contributed by atoms with van der Waals surface area (Å²) in [5.74, 6) is 2.33. The largest absolute Gasteiger partial charge is 0.497 e. The first-order valence-corrected chi connectivity index (χ1v) is 11.2. The van der Waals surface area contributed by atoms with E-state index in [1.54, 1.807) is 7.11 Å². The van der Waals surface area contributed by atoms with E-state index in [0.717, 1.165) is 33.0 Å². The third-order valence-corrected chi connectivity index (χ3v) is 5.71. The van der Waals surface area contributed by atoms with Gasteiger partial charge in [-0.1, -0.05) is 60.3 Å². The molecule has 32 heavy (non-hydrogen) atoms. The van der Waals surface area contributed by atoms with Crippen LogP contribution in [0.25, 0.3) is 10.9 Å². The molecule has 3 aromatic carbocycles. The van der Waals surface area contributed by atoms with Gasteiger partial charge in [-0.2, -0.15) is 0 Å². The summed E-state index contributed by atoms with van der Waals surface area (Å²) < 4.78 is 11.0. The summed E-state index contributed by atoms with van der Waals surface area (Å²) in [6.07, 6.45) is 0. The Labute approximate surface area is 191 Å². The maximum atomic E-state index is 12.4. The second-order valence-corrected chi connectivity index (χ2v) is 7.94. The molecule has 0 fully saturated rings. The maximum Gasteiger partial charge on any atom is 0.230 e. The van der Waals surface area contributed by atoms with Crippen molar-refractivity contribution in [1.82, 2.24) is 15.3 Å². The molecule has 0 unspecified atom stereocenters. The van der Waals surface area contributed by atoms with Crippen molar-refractivity contribution in [3.8, 4) is 11.5 Å². The lowest BCUT2D eigenvalue weighted by atomic mass is 10.2. The number of hydrogen-bond acceptors (Lipinski definition) is 6. The van der Waals surface area contributed by atoms with Crippen LogP contribution in [0.1, 0.15) is 11.4 Å². The molecule has 0 radical (unpaired) electrons. The first-order valence-electron chi connectivity index (χ1n) is 10.2. The lowest BCUT2D eigenvalue weighted by Crippen LogP contribution is -2.24. The summed E-state index contributed by atoms with van der Waals surface area (Å²) >= 11 is 1.40. The fraction of sp³-hybridized carbons (Fsp3) is 0.160. The quantitative estimate of drug-likeness (QED) is 0.299. The standard InChI is InChI=1S/C25H23N3O3S/c1-30-19-13-11-18(12-14-19)15-26-24(29)17-32-25-21-9-5-6-10-22(21)27-23(28-25)16-31-20-7-3-2-4-8-20/h2-14H,15-17H2,1H3,(H,26,29). The number of ether oxygens (including phenoxy) is 2. The van der Waals surface area contributed by atoms with E-state index >= 15 is 0 Å². The number of amides is 1. The topological polar surface area (TPSA) is 73.3 Å². The summed E-state index contributed by atoms with van der Waals surface area (Å²) in [6.45, 7) is 0.718. The number of carbonyl (C=O) groups excluding carboxylic acids is 1. The molecular formula is C25H23N3O3S. The number of hydrogen-bond donors (Lipinski definition) is 1. The van der Waals surface area contributed by atoms with Crippen LogP contribution in [-0.2, 0) is 17.9 Å². The van der Waals surface area contributed by atoms with Gasteiger partial charge in [0, 0.05) is 11.9 Å². The van der Waals surface area contributed by atoms with E-state index in [0.29, 0.717) is 12.4 Å². The second kappa shape index (κ2) is 10.6. The van der Waals surface area contributed by atoms with Crippen LogP contribution in [0.5, 0.6) is 11.5 Å². The number of benzene rings is 3. The van der Waals surface area contributed by atoms with E-state index in [-0.39, 0.29) is 18.3 Å². The monoisotopic (exact) mass is 445 g/mol. The summed E-state index contributed by atoms with van der Waals surface area (Å²) in [6, 6.07) is 25.0. The lowest BCUT2D eigenvalue weighted by Gasteiger charge is -2.10. The first-order chi connectivity index (χ1) is 15.7. The molecule has 1 N–H and O–H groups in total. The van der Waals surface area contributed by atoms with Crippen molar-refractivity contribution in [2.45, 2.75) is 18.2 Å². The van der Waals surface area contributed by atoms with Gasteiger partial charge < -0.3 is 14.8 Å². The molecule has 0 atom stereocenters. The molecule has 0 bridgehead atoms. The van der Waals surface area contributed by atoms with Crippen molar-refractivity contribution in [3.63, 3.8) is 0 Å². The maximum absolute atomic E-state index is 12.4. The van der Waals surface area contributed by atoms with Crippen molar-refractivity contribution >= 4 is 28.6 Å². The number of nitrogens with zero attached hydrogens (tertiary/aromatic N) is 2. The second-order valence-electron chi connectivity index (χ2n) is 6.98. The van der Waals surface area contributed by atoms with Crippen LogP contribution in [0, 0.1) is 0 Å². The van der Waals surface area contributed by atoms with Crippen molar-refractivity contribution < 1.29 is 14.3 Å². The smallest absolute Gasteiger partial charge is 0.230 e. The van der Waals surface area contributed by atoms with Crippen LogP contribution in [0.4, 0.5) is 0 Å². The Morgan fingerprint density at radius 1 is 0.906 bits per heavy atom. The summed E-state index contributed by atoms with van der Waals surface area (Å²) in [7, 11) is 1.63. The predicted octanol–water partition coefficient (Wildman–Crippen LogP) is 4.63. The molecule has 1 amide bonds. The molecule has 4 rings (SSSR count). The number of fused-ring (bicyclic) bond motifs is 1. The van der Waals surface area contributed by atoms with E-state index in [2.05, 4.69) is 15.3 Å². The summed E-state index contributed by atoms with van der Waals surface area (Å²) in [5.41, 5.74) is 1.84. The van der Waals surface area contributed by atoms with Crippen LogP contribution in [0.15, 0.2) is 83.9 Å². The molecule has 0 aliphatic carbocycles. The van der Waals surface area contributed by atoms with Crippen LogP contribution in [-0.4, -0.2) is 28.7 Å². The van der Waals surface area contributed by atoms with E-state index in [1.165, 1.54) is 11.8 Å². The highest BCUT2D eigenvalue weighted by atomic mass is 32.2. The summed E-state index contributed by atoms with van der Waals surface area (Å²) in [5, 5.41) is 4.63. The minimum atomic E-state index is -0.0596. The van der Waals surface area contributed by atoms with Crippen LogP contribution < -0.4 is 14.8 Å². The third-order valence-electron chi connectivity index (χ3n) is 4.71. The van der Waals surface area contributed by atoms with Crippen molar-refractivity contribution in [2.75, 3.05) is 12.9 Å². The van der Waals surface area contributed by atoms with Gasteiger partial charge in [0.2, 0.25) is 5.91 Å². The minimum absolute atomic E-state index is 0.0596. The number of nitrogens with one attached hydrogen (secondary N) is 1. The van der Waals surface area contributed by atoms with Crippen molar-refractivity contribution in [2.24, 2.45) is 0 Å². The van der Waals surface area contributed by atoms with E-state index < -0.39 is 0 Å². The molecule has 0 aliphatic rings. The Morgan fingerprint density at radius 3 is 2.44 bits per heavy atom. The van der Waals surface area contributed by atoms with Crippen molar-refractivity contribution in [3.05, 3.63) is 90.3 Å². The van der Waals surface area contributed by atoms with Crippen LogP contribution in [0.3, 0.4) is 0 Å². The molecule has 162 valence electrons. The van der Waals surface area contributed by atoms with Gasteiger partial charge in [-0.15, -0.1) is 0 Å². The number of para-hydroxylation sites is 2. The summed E-state index contributed by atoms with van der Waals surface area (Å²) in [4.78, 5) is 21.7. The zero-order valence-corrected chi connectivity index (χ0v) is 18.5. The number of carbonyl (C=O) groups is 1. The predicted molar refractivity (Wildman–Crippen MR) is 126 cm³/mol. The average molecular weight is 446 g/mol. The van der Waals surface area contributed by atoms with E-state index in [4.69, 9.17) is 9.47 Å². The Hall–Kier alpha value is -3.58. The molecule has 0 spiro atoms. The van der Waals surface area contributed by atoms with Gasteiger partial charge >= 0.3 is 0 Å². The minimum Gasteiger partial charge on any atom is -0.497 e. The van der Waals surface area contributed by atoms with Gasteiger partial charge in [0.05, 0.1) is 18.4 Å². The van der Waals surface area contributed by atoms with E-state index in [1.807, 2.05) is 78.9 Å². The molecule has 0 saturated carbocycles. The molecule has 6 nitrogen and oxygen atoms in total. The molecular weight excluding hydrogens is 422 g/mol. The number of aromatic nitrogens is 2. The highest BCUT2D eigenvalue weighted by Crippen LogP contribution is 2.25. The molecule has 7 heteroatoms. The van der Waals surface area contributed by atoms with Gasteiger partial charge in [0.25, 0.3) is 0 Å². The van der Waals surface area contributed by atoms with Gasteiger partial charge in [0.15, 0.2) is 5.82 Å². The average Bonchev–Trinajstić information content (AvgIpc) is 2.85. The Balaban J connectivity index is 1.40. The highest BCUT2D eigenvalue weighted by Gasteiger charge is 2.11. The first kappa shape index (κ1) is 21.6. The number of rotatable bonds is 9. The van der Waals surface area contributed by atoms with Crippen LogP contribution >= 0.6 is 11.8 Å². The van der Waals surface area contributed by atoms with Gasteiger partial charge in [-0.3, -0.25) is 4.79 Å². The highest BCUT2D eigenvalue weighted by molar-refractivity contribution is 8.00. The number of thioether (sulfide) groups is 1. The Morgan fingerprint density at radius 2 is 1.66 bits per heavy atom. The lowest BCUT2D eigenvalue weighted by molar-refractivity contribution is -0.118. The van der Waals surface area contributed by atoms with Gasteiger partial charge in [-0.25, -0.2) is 9.97 Å².